The molecule has 0 saturated carbocycles. The Morgan fingerprint density at radius 3 is 2.42 bits per heavy atom. The number of amides is 1. The lowest BCUT2D eigenvalue weighted by atomic mass is 9.73. The Kier molecular flexibility index (Phi) is 7.50. The molecule has 4 atom stereocenters. The van der Waals surface area contributed by atoms with Crippen molar-refractivity contribution in [1.29, 1.82) is 0 Å². The van der Waals surface area contributed by atoms with Crippen molar-refractivity contribution < 1.29 is 9.90 Å². The molecule has 0 spiro atoms. The van der Waals surface area contributed by atoms with Crippen molar-refractivity contribution in [1.82, 2.24) is 5.32 Å². The van der Waals surface area contributed by atoms with E-state index >= 15 is 0 Å². The number of hydrogen-bond acceptors (Lipinski definition) is 2. The molecule has 0 radical (unpaired) electrons. The Morgan fingerprint density at radius 2 is 1.73 bits per heavy atom. The van der Waals surface area contributed by atoms with Gasteiger partial charge in [0.05, 0.1) is 0 Å². The molecule has 0 aliphatic carbocycles. The van der Waals surface area contributed by atoms with Crippen molar-refractivity contribution in [2.24, 2.45) is 5.92 Å². The van der Waals surface area contributed by atoms with Gasteiger partial charge in [-0.05, 0) is 72.7 Å². The molecule has 4 unspecified atom stereocenters. The minimum absolute atomic E-state index is 0.0552. The molecular formula is C26H25Cl3N2O2. The summed E-state index contributed by atoms with van der Waals surface area (Å²) in [6.45, 7) is 2.18. The minimum Gasteiger partial charge on any atom is -0.465 e. The molecule has 4 rings (SSSR count). The summed E-state index contributed by atoms with van der Waals surface area (Å²) in [5.74, 6) is 0.374. The molecule has 7 heteroatoms. The SMILES string of the molecule is CC1NC(c2ccc(Cl)cc2)C(c2ccc(Cl)cc2Cl)CC1Cc1ccccc1NC(=O)O. The first-order valence-corrected chi connectivity index (χ1v) is 12.0. The van der Waals surface area contributed by atoms with Gasteiger partial charge in [-0.2, -0.15) is 0 Å². The van der Waals surface area contributed by atoms with Gasteiger partial charge < -0.3 is 10.4 Å². The average molecular weight is 504 g/mol. The van der Waals surface area contributed by atoms with Crippen LogP contribution >= 0.6 is 34.8 Å². The standard InChI is InChI=1S/C26H25Cl3N2O2/c1-15-18(12-17-4-2-3-5-24(17)31-26(32)33)13-22(21-11-10-20(28)14-23(21)29)25(30-15)16-6-8-19(27)9-7-16/h2-11,14-15,18,22,25,30-31H,12-13H2,1H3,(H,32,33). The fraction of sp³-hybridized carbons (Fsp3) is 0.269. The van der Waals surface area contributed by atoms with E-state index in [1.54, 1.807) is 12.1 Å². The molecule has 3 aromatic carbocycles. The van der Waals surface area contributed by atoms with Gasteiger partial charge in [-0.3, -0.25) is 5.32 Å². The van der Waals surface area contributed by atoms with Gasteiger partial charge in [-0.15, -0.1) is 0 Å². The van der Waals surface area contributed by atoms with E-state index in [4.69, 9.17) is 34.8 Å². The van der Waals surface area contributed by atoms with Gasteiger partial charge in [0.15, 0.2) is 0 Å². The van der Waals surface area contributed by atoms with Gasteiger partial charge in [0.25, 0.3) is 0 Å². The Morgan fingerprint density at radius 1 is 1.03 bits per heavy atom. The highest BCUT2D eigenvalue weighted by Crippen LogP contribution is 2.45. The van der Waals surface area contributed by atoms with Crippen LogP contribution in [-0.4, -0.2) is 17.2 Å². The third-order valence-corrected chi connectivity index (χ3v) is 7.26. The summed E-state index contributed by atoms with van der Waals surface area (Å²) in [4.78, 5) is 11.2. The molecule has 3 aromatic rings. The second-order valence-corrected chi connectivity index (χ2v) is 9.82. The van der Waals surface area contributed by atoms with Gasteiger partial charge in [0.1, 0.15) is 0 Å². The number of piperidine rings is 1. The van der Waals surface area contributed by atoms with E-state index in [1.807, 2.05) is 42.5 Å². The van der Waals surface area contributed by atoms with E-state index in [9.17, 15) is 9.90 Å². The maximum absolute atomic E-state index is 11.2. The molecule has 4 nitrogen and oxygen atoms in total. The third kappa shape index (κ3) is 5.64. The summed E-state index contributed by atoms with van der Waals surface area (Å²) < 4.78 is 0. The smallest absolute Gasteiger partial charge is 0.409 e. The van der Waals surface area contributed by atoms with Gasteiger partial charge in [-0.1, -0.05) is 71.2 Å². The van der Waals surface area contributed by atoms with Crippen LogP contribution < -0.4 is 10.6 Å². The van der Waals surface area contributed by atoms with Gasteiger partial charge >= 0.3 is 6.09 Å². The van der Waals surface area contributed by atoms with Crippen LogP contribution in [0.4, 0.5) is 10.5 Å². The molecular weight excluding hydrogens is 479 g/mol. The quantitative estimate of drug-likeness (QED) is 0.333. The largest absolute Gasteiger partial charge is 0.465 e. The van der Waals surface area contributed by atoms with Crippen molar-refractivity contribution in [3.05, 3.63) is 98.5 Å². The molecule has 3 N–H and O–H groups in total. The number of anilines is 1. The van der Waals surface area contributed by atoms with Crippen molar-refractivity contribution in [3.8, 4) is 0 Å². The zero-order valence-electron chi connectivity index (χ0n) is 18.1. The highest BCUT2D eigenvalue weighted by atomic mass is 35.5. The lowest BCUT2D eigenvalue weighted by Gasteiger charge is -2.42. The topological polar surface area (TPSA) is 61.4 Å². The van der Waals surface area contributed by atoms with Crippen LogP contribution in [0, 0.1) is 5.92 Å². The number of carbonyl (C=O) groups is 1. The number of benzene rings is 3. The van der Waals surface area contributed by atoms with Crippen LogP contribution in [0.3, 0.4) is 0 Å². The van der Waals surface area contributed by atoms with Crippen LogP contribution in [0.1, 0.15) is 42.0 Å². The summed E-state index contributed by atoms with van der Waals surface area (Å²) in [7, 11) is 0. The summed E-state index contributed by atoms with van der Waals surface area (Å²) >= 11 is 19.0. The molecule has 1 fully saturated rings. The van der Waals surface area contributed by atoms with E-state index in [0.717, 1.165) is 29.5 Å². The second kappa shape index (κ2) is 10.4. The molecule has 1 aliphatic rings. The van der Waals surface area contributed by atoms with Crippen molar-refractivity contribution in [3.63, 3.8) is 0 Å². The Hall–Kier alpha value is -2.24. The first-order valence-electron chi connectivity index (χ1n) is 10.9. The maximum Gasteiger partial charge on any atom is 0.409 e. The average Bonchev–Trinajstić information content (AvgIpc) is 2.77. The molecule has 1 saturated heterocycles. The summed E-state index contributed by atoms with van der Waals surface area (Å²) in [5, 5.41) is 17.5. The number of rotatable bonds is 5. The second-order valence-electron chi connectivity index (χ2n) is 8.54. The van der Waals surface area contributed by atoms with E-state index in [0.29, 0.717) is 20.8 Å². The molecule has 33 heavy (non-hydrogen) atoms. The van der Waals surface area contributed by atoms with E-state index in [2.05, 4.69) is 29.7 Å². The maximum atomic E-state index is 11.2. The van der Waals surface area contributed by atoms with Crippen molar-refractivity contribution in [2.75, 3.05) is 5.32 Å². The van der Waals surface area contributed by atoms with Crippen LogP contribution in [0.5, 0.6) is 0 Å². The normalized spacial score (nSPS) is 22.7. The van der Waals surface area contributed by atoms with Crippen molar-refractivity contribution >= 4 is 46.6 Å². The predicted octanol–water partition coefficient (Wildman–Crippen LogP) is 7.80. The van der Waals surface area contributed by atoms with Gasteiger partial charge in [0.2, 0.25) is 0 Å². The van der Waals surface area contributed by atoms with Gasteiger partial charge in [-0.25, -0.2) is 4.79 Å². The lowest BCUT2D eigenvalue weighted by molar-refractivity contribution is 0.209. The number of nitrogens with one attached hydrogen (secondary N) is 2. The van der Waals surface area contributed by atoms with E-state index in [1.165, 1.54) is 0 Å². The molecule has 1 heterocycles. The van der Waals surface area contributed by atoms with Crippen LogP contribution in [-0.2, 0) is 6.42 Å². The monoisotopic (exact) mass is 502 g/mol. The third-order valence-electron chi connectivity index (χ3n) is 6.44. The minimum atomic E-state index is -1.06. The fourth-order valence-electron chi connectivity index (χ4n) is 4.79. The first kappa shape index (κ1) is 23.9. The van der Waals surface area contributed by atoms with Crippen molar-refractivity contribution in [2.45, 2.75) is 37.8 Å². The summed E-state index contributed by atoms with van der Waals surface area (Å²) in [5.41, 5.74) is 3.79. The Balaban J connectivity index is 1.67. The number of hydrogen-bond donors (Lipinski definition) is 3. The zero-order valence-corrected chi connectivity index (χ0v) is 20.3. The van der Waals surface area contributed by atoms with Gasteiger partial charge in [0, 0.05) is 38.8 Å². The lowest BCUT2D eigenvalue weighted by Crippen LogP contribution is -2.46. The summed E-state index contributed by atoms with van der Waals surface area (Å²) in [6.07, 6.45) is 0.551. The van der Waals surface area contributed by atoms with Crippen LogP contribution in [0.25, 0.3) is 0 Å². The Bertz CT molecular complexity index is 1140. The number of halogens is 3. The molecule has 172 valence electrons. The highest BCUT2D eigenvalue weighted by molar-refractivity contribution is 6.35. The molecule has 1 amide bonds. The molecule has 1 aliphatic heterocycles. The van der Waals surface area contributed by atoms with Crippen LogP contribution in [0.15, 0.2) is 66.7 Å². The molecule has 0 aromatic heterocycles. The van der Waals surface area contributed by atoms with E-state index < -0.39 is 6.09 Å². The zero-order chi connectivity index (χ0) is 23.5. The first-order chi connectivity index (χ1) is 15.8. The number of carboxylic acid groups (broad SMARTS) is 1. The molecule has 0 bridgehead atoms. The summed E-state index contributed by atoms with van der Waals surface area (Å²) in [6, 6.07) is 21.4. The van der Waals surface area contributed by atoms with Crippen LogP contribution in [0.2, 0.25) is 15.1 Å². The van der Waals surface area contributed by atoms with E-state index in [-0.39, 0.29) is 23.9 Å². The number of para-hydroxylation sites is 1. The fourth-order valence-corrected chi connectivity index (χ4v) is 5.46. The highest BCUT2D eigenvalue weighted by Gasteiger charge is 2.37. The Labute approximate surface area is 208 Å². The predicted molar refractivity (Wildman–Crippen MR) is 136 cm³/mol.